The first-order valence-corrected chi connectivity index (χ1v) is 3.83. The molecule has 1 rings (SSSR count). The summed E-state index contributed by atoms with van der Waals surface area (Å²) < 4.78 is 0. The van der Waals surface area contributed by atoms with E-state index < -0.39 is 0 Å². The minimum atomic E-state index is 0.994. The number of rotatable bonds is 1. The fraction of sp³-hybridized carbons (Fsp3) is 0.375. The summed E-state index contributed by atoms with van der Waals surface area (Å²) in [4.78, 5) is 5.10. The van der Waals surface area contributed by atoms with Crippen molar-refractivity contribution in [1.29, 1.82) is 0 Å². The summed E-state index contributed by atoms with van der Waals surface area (Å²) in [6.45, 7) is 4.11. The number of hydrogen-bond acceptors (Lipinski definition) is 2. The Morgan fingerprint density at radius 1 is 1.60 bits per heavy atom. The zero-order valence-electron chi connectivity index (χ0n) is 6.26. The van der Waals surface area contributed by atoms with Crippen LogP contribution in [0.15, 0.2) is 17.2 Å². The minimum Gasteiger partial charge on any atom is -0.260 e. The second-order valence-corrected chi connectivity index (χ2v) is 2.79. The fourth-order valence-electron chi connectivity index (χ4n) is 0.892. The molecule has 0 fully saturated rings. The maximum Gasteiger partial charge on any atom is 0.0407 e. The zero-order valence-corrected chi connectivity index (χ0v) is 7.15. The van der Waals surface area contributed by atoms with Gasteiger partial charge in [0, 0.05) is 16.8 Å². The van der Waals surface area contributed by atoms with Crippen LogP contribution in [-0.4, -0.2) is 4.98 Å². The molecule has 10 heavy (non-hydrogen) atoms. The number of nitrogens with zero attached hydrogens (tertiary/aromatic N) is 1. The highest BCUT2D eigenvalue weighted by Gasteiger charge is 1.95. The summed E-state index contributed by atoms with van der Waals surface area (Å²) >= 11 is 4.26. The Kier molecular flexibility index (Phi) is 2.33. The molecule has 0 radical (unpaired) electrons. The molecule has 0 amide bonds. The summed E-state index contributed by atoms with van der Waals surface area (Å²) in [5.41, 5.74) is 2.34. The van der Waals surface area contributed by atoms with Gasteiger partial charge >= 0.3 is 0 Å². The van der Waals surface area contributed by atoms with Gasteiger partial charge in [-0.1, -0.05) is 6.92 Å². The van der Waals surface area contributed by atoms with Crippen LogP contribution in [0, 0.1) is 6.92 Å². The third-order valence-corrected chi connectivity index (χ3v) is 1.89. The smallest absolute Gasteiger partial charge is 0.0407 e. The van der Waals surface area contributed by atoms with E-state index in [0.29, 0.717) is 0 Å². The fourth-order valence-corrected chi connectivity index (χ4v) is 1.17. The molecule has 0 saturated carbocycles. The lowest BCUT2D eigenvalue weighted by Crippen LogP contribution is -1.87. The third-order valence-electron chi connectivity index (χ3n) is 1.48. The Morgan fingerprint density at radius 2 is 2.30 bits per heavy atom. The predicted molar refractivity (Wildman–Crippen MR) is 45.6 cm³/mol. The lowest BCUT2D eigenvalue weighted by atomic mass is 10.2. The molecule has 0 aliphatic heterocycles. The number of hydrogen-bond donors (Lipinski definition) is 1. The summed E-state index contributed by atoms with van der Waals surface area (Å²) in [5.74, 6) is 0. The van der Waals surface area contributed by atoms with Gasteiger partial charge in [0.1, 0.15) is 0 Å². The van der Waals surface area contributed by atoms with Crippen molar-refractivity contribution in [1.82, 2.24) is 4.98 Å². The molecule has 0 bridgehead atoms. The number of aromatic nitrogens is 1. The Morgan fingerprint density at radius 3 is 2.80 bits per heavy atom. The maximum absolute atomic E-state index is 4.26. The Hall–Kier alpha value is -0.500. The van der Waals surface area contributed by atoms with Crippen molar-refractivity contribution >= 4 is 12.6 Å². The van der Waals surface area contributed by atoms with Gasteiger partial charge in [-0.2, -0.15) is 0 Å². The van der Waals surface area contributed by atoms with Gasteiger partial charge in [-0.3, -0.25) is 4.98 Å². The van der Waals surface area contributed by atoms with E-state index in [1.165, 1.54) is 5.56 Å². The van der Waals surface area contributed by atoms with E-state index in [2.05, 4.69) is 30.6 Å². The lowest BCUT2D eigenvalue weighted by Gasteiger charge is -2.00. The number of pyridine rings is 1. The highest BCUT2D eigenvalue weighted by atomic mass is 32.1. The standard InChI is InChI=1S/C8H11NS/c1-3-7-4-6(2)9-5-8(7)10/h4-5,10H,3H2,1-2H3. The quantitative estimate of drug-likeness (QED) is 0.610. The summed E-state index contributed by atoms with van der Waals surface area (Å²) in [5, 5.41) is 0. The maximum atomic E-state index is 4.26. The molecule has 1 aromatic rings. The molecule has 1 aromatic heterocycles. The van der Waals surface area contributed by atoms with Gasteiger partial charge < -0.3 is 0 Å². The van der Waals surface area contributed by atoms with Gasteiger partial charge in [-0.05, 0) is 25.0 Å². The van der Waals surface area contributed by atoms with Gasteiger partial charge in [-0.25, -0.2) is 0 Å². The van der Waals surface area contributed by atoms with E-state index in [1.807, 2.05) is 6.92 Å². The van der Waals surface area contributed by atoms with Crippen molar-refractivity contribution in [2.24, 2.45) is 0 Å². The van der Waals surface area contributed by atoms with E-state index in [9.17, 15) is 0 Å². The van der Waals surface area contributed by atoms with Gasteiger partial charge in [0.2, 0.25) is 0 Å². The normalized spacial score (nSPS) is 9.90. The summed E-state index contributed by atoms with van der Waals surface area (Å²) in [6, 6.07) is 2.07. The van der Waals surface area contributed by atoms with Crippen LogP contribution >= 0.6 is 12.6 Å². The Bertz CT molecular complexity index is 233. The zero-order chi connectivity index (χ0) is 7.56. The molecule has 0 spiro atoms. The Labute approximate surface area is 66.9 Å². The van der Waals surface area contributed by atoms with Crippen molar-refractivity contribution < 1.29 is 0 Å². The number of aryl methyl sites for hydroxylation is 2. The van der Waals surface area contributed by atoms with Crippen molar-refractivity contribution in [2.75, 3.05) is 0 Å². The van der Waals surface area contributed by atoms with E-state index in [1.54, 1.807) is 6.20 Å². The second kappa shape index (κ2) is 3.06. The molecule has 0 aliphatic carbocycles. The highest BCUT2D eigenvalue weighted by molar-refractivity contribution is 7.80. The van der Waals surface area contributed by atoms with Crippen molar-refractivity contribution in [2.45, 2.75) is 25.2 Å². The van der Waals surface area contributed by atoms with Crippen molar-refractivity contribution in [3.05, 3.63) is 23.5 Å². The summed E-state index contributed by atoms with van der Waals surface area (Å²) in [7, 11) is 0. The van der Waals surface area contributed by atoms with Gasteiger partial charge in [0.05, 0.1) is 0 Å². The SMILES string of the molecule is CCc1cc(C)ncc1S. The molecular formula is C8H11NS. The Balaban J connectivity index is 3.09. The monoisotopic (exact) mass is 153 g/mol. The van der Waals surface area contributed by atoms with Crippen molar-refractivity contribution in [3.63, 3.8) is 0 Å². The van der Waals surface area contributed by atoms with Crippen LogP contribution in [0.3, 0.4) is 0 Å². The van der Waals surface area contributed by atoms with E-state index in [4.69, 9.17) is 0 Å². The molecule has 0 saturated heterocycles. The van der Waals surface area contributed by atoms with Crippen LogP contribution in [0.1, 0.15) is 18.2 Å². The average Bonchev–Trinajstić information content (AvgIpc) is 1.94. The van der Waals surface area contributed by atoms with E-state index in [-0.39, 0.29) is 0 Å². The van der Waals surface area contributed by atoms with Crippen LogP contribution in [-0.2, 0) is 6.42 Å². The van der Waals surface area contributed by atoms with Gasteiger partial charge in [0.15, 0.2) is 0 Å². The molecule has 54 valence electrons. The van der Waals surface area contributed by atoms with Gasteiger partial charge in [-0.15, -0.1) is 12.6 Å². The lowest BCUT2D eigenvalue weighted by molar-refractivity contribution is 1.03. The molecule has 0 unspecified atom stereocenters. The molecule has 0 aromatic carbocycles. The molecule has 0 aliphatic rings. The van der Waals surface area contributed by atoms with Crippen LogP contribution in [0.4, 0.5) is 0 Å². The molecule has 1 heterocycles. The molecule has 1 nitrogen and oxygen atoms in total. The molecule has 0 N–H and O–H groups in total. The summed E-state index contributed by atoms with van der Waals surface area (Å²) in [6.07, 6.45) is 2.83. The predicted octanol–water partition coefficient (Wildman–Crippen LogP) is 2.24. The molecular weight excluding hydrogens is 142 g/mol. The second-order valence-electron chi connectivity index (χ2n) is 2.31. The molecule has 2 heteroatoms. The van der Waals surface area contributed by atoms with E-state index >= 15 is 0 Å². The van der Waals surface area contributed by atoms with Crippen LogP contribution in [0.25, 0.3) is 0 Å². The first kappa shape index (κ1) is 7.61. The topological polar surface area (TPSA) is 12.9 Å². The van der Waals surface area contributed by atoms with Crippen LogP contribution < -0.4 is 0 Å². The number of thiol groups is 1. The van der Waals surface area contributed by atoms with E-state index in [0.717, 1.165) is 17.0 Å². The first-order valence-electron chi connectivity index (χ1n) is 3.38. The largest absolute Gasteiger partial charge is 0.260 e. The highest BCUT2D eigenvalue weighted by Crippen LogP contribution is 2.13. The third kappa shape index (κ3) is 1.51. The van der Waals surface area contributed by atoms with Crippen LogP contribution in [0.5, 0.6) is 0 Å². The first-order chi connectivity index (χ1) is 4.74. The van der Waals surface area contributed by atoms with Crippen LogP contribution in [0.2, 0.25) is 0 Å². The molecule has 0 atom stereocenters. The average molecular weight is 153 g/mol. The van der Waals surface area contributed by atoms with Crippen molar-refractivity contribution in [3.8, 4) is 0 Å². The minimum absolute atomic E-state index is 0.994. The van der Waals surface area contributed by atoms with Gasteiger partial charge in [0.25, 0.3) is 0 Å².